The number of hydrogen-bond acceptors (Lipinski definition) is 4. The highest BCUT2D eigenvalue weighted by molar-refractivity contribution is 5.71. The van der Waals surface area contributed by atoms with Crippen molar-refractivity contribution in [1.82, 2.24) is 0 Å². The van der Waals surface area contributed by atoms with Crippen molar-refractivity contribution in [3.63, 3.8) is 0 Å². The molecule has 0 fully saturated rings. The number of carboxylic acid groups (broad SMARTS) is 1. The van der Waals surface area contributed by atoms with E-state index in [4.69, 9.17) is 19.7 Å². The van der Waals surface area contributed by atoms with E-state index in [0.717, 1.165) is 13.2 Å². The van der Waals surface area contributed by atoms with Gasteiger partial charge in [0.1, 0.15) is 6.10 Å². The molecule has 0 amide bonds. The van der Waals surface area contributed by atoms with Gasteiger partial charge in [0.2, 0.25) is 0 Å². The lowest BCUT2D eigenvalue weighted by Crippen LogP contribution is -2.13. The molecule has 0 rings (SSSR count). The van der Waals surface area contributed by atoms with Crippen LogP contribution in [0.5, 0.6) is 0 Å². The molecule has 86 valence electrons. The predicted octanol–water partition coefficient (Wildman–Crippen LogP) is 0.857. The second-order valence-corrected chi connectivity index (χ2v) is 2.49. The zero-order valence-corrected chi connectivity index (χ0v) is 9.19. The van der Waals surface area contributed by atoms with Crippen molar-refractivity contribution >= 4 is 5.97 Å². The highest BCUT2D eigenvalue weighted by atomic mass is 16.7. The van der Waals surface area contributed by atoms with Crippen molar-refractivity contribution in [2.24, 2.45) is 0 Å². The van der Waals surface area contributed by atoms with Crippen molar-refractivity contribution in [3.8, 4) is 0 Å². The highest BCUT2D eigenvalue weighted by Crippen LogP contribution is 1.90. The van der Waals surface area contributed by atoms with E-state index in [9.17, 15) is 4.79 Å². The zero-order chi connectivity index (χ0) is 11.6. The van der Waals surface area contributed by atoms with Crippen molar-refractivity contribution < 1.29 is 24.5 Å². The molecule has 0 heterocycles. The summed E-state index contributed by atoms with van der Waals surface area (Å²) in [6, 6.07) is 0. The third kappa shape index (κ3) is 13.9. The van der Waals surface area contributed by atoms with E-state index in [2.05, 4.69) is 0 Å². The summed E-state index contributed by atoms with van der Waals surface area (Å²) in [6.45, 7) is 8.45. The largest absolute Gasteiger partial charge is 0.479 e. The minimum absolute atomic E-state index is 0.0370. The number of carboxylic acids is 1. The van der Waals surface area contributed by atoms with Gasteiger partial charge < -0.3 is 19.7 Å². The van der Waals surface area contributed by atoms with E-state index in [0.29, 0.717) is 0 Å². The van der Waals surface area contributed by atoms with E-state index in [1.807, 2.05) is 20.8 Å². The molecule has 0 saturated heterocycles. The molecule has 0 aliphatic heterocycles. The molecule has 0 aromatic rings. The summed E-state index contributed by atoms with van der Waals surface area (Å²) in [5.41, 5.74) is 0. The topological polar surface area (TPSA) is 76.0 Å². The van der Waals surface area contributed by atoms with Crippen molar-refractivity contribution in [1.29, 1.82) is 0 Å². The van der Waals surface area contributed by atoms with Crippen LogP contribution in [0.25, 0.3) is 0 Å². The highest BCUT2D eigenvalue weighted by Gasteiger charge is 2.01. The molecule has 0 aliphatic rings. The van der Waals surface area contributed by atoms with Gasteiger partial charge in [0.05, 0.1) is 0 Å². The normalized spacial score (nSPS) is 11.9. The van der Waals surface area contributed by atoms with Crippen LogP contribution in [-0.4, -0.2) is 41.8 Å². The molecule has 0 bridgehead atoms. The van der Waals surface area contributed by atoms with E-state index < -0.39 is 12.1 Å². The van der Waals surface area contributed by atoms with Gasteiger partial charge in [-0.05, 0) is 27.7 Å². The number of rotatable bonds is 5. The smallest absolute Gasteiger partial charge is 0.332 e. The van der Waals surface area contributed by atoms with Gasteiger partial charge in [0, 0.05) is 13.2 Å². The molecule has 5 heteroatoms. The van der Waals surface area contributed by atoms with Crippen LogP contribution in [0, 0.1) is 0 Å². The Labute approximate surface area is 84.6 Å². The van der Waals surface area contributed by atoms with Gasteiger partial charge in [-0.3, -0.25) is 0 Å². The summed E-state index contributed by atoms with van der Waals surface area (Å²) in [5.74, 6) is -1.19. The third-order valence-electron chi connectivity index (χ3n) is 1.16. The predicted molar refractivity (Wildman–Crippen MR) is 52.0 cm³/mol. The van der Waals surface area contributed by atoms with Gasteiger partial charge in [-0.2, -0.15) is 0 Å². The van der Waals surface area contributed by atoms with Crippen LogP contribution in [0.4, 0.5) is 0 Å². The Morgan fingerprint density at radius 2 is 1.50 bits per heavy atom. The standard InChI is InChI=1S/C6H14O2.C3H6O3/c1-4-7-6(3)8-5-2;1-2(4)3(5)6/h6H,4-5H2,1-3H3;2,4H,1H3,(H,5,6). The van der Waals surface area contributed by atoms with Crippen LogP contribution in [0.2, 0.25) is 0 Å². The van der Waals surface area contributed by atoms with Crippen LogP contribution >= 0.6 is 0 Å². The molecule has 1 atom stereocenters. The van der Waals surface area contributed by atoms with E-state index in [1.165, 1.54) is 6.92 Å². The van der Waals surface area contributed by atoms with Crippen LogP contribution in [0.1, 0.15) is 27.7 Å². The Hall–Kier alpha value is -0.650. The second kappa shape index (κ2) is 10.4. The minimum Gasteiger partial charge on any atom is -0.479 e. The van der Waals surface area contributed by atoms with Crippen LogP contribution in [0.15, 0.2) is 0 Å². The van der Waals surface area contributed by atoms with Gasteiger partial charge >= 0.3 is 5.97 Å². The number of aliphatic hydroxyl groups is 1. The first kappa shape index (κ1) is 15.8. The van der Waals surface area contributed by atoms with Gasteiger partial charge in [0.15, 0.2) is 6.29 Å². The van der Waals surface area contributed by atoms with Crippen molar-refractivity contribution in [2.75, 3.05) is 13.2 Å². The molecule has 0 spiro atoms. The number of aliphatic hydroxyl groups excluding tert-OH is 1. The quantitative estimate of drug-likeness (QED) is 0.655. The lowest BCUT2D eigenvalue weighted by Gasteiger charge is -2.09. The lowest BCUT2D eigenvalue weighted by atomic mass is 10.4. The Morgan fingerprint density at radius 3 is 1.64 bits per heavy atom. The fraction of sp³-hybridized carbons (Fsp3) is 0.889. The van der Waals surface area contributed by atoms with E-state index in [-0.39, 0.29) is 6.29 Å². The number of aliphatic carboxylic acids is 1. The molecule has 0 aliphatic carbocycles. The van der Waals surface area contributed by atoms with Gasteiger partial charge in [-0.25, -0.2) is 4.79 Å². The Bertz CT molecular complexity index is 129. The summed E-state index contributed by atoms with van der Waals surface area (Å²) in [4.78, 5) is 9.45. The first-order valence-electron chi connectivity index (χ1n) is 4.59. The molecule has 1 unspecified atom stereocenters. The molecular formula is C9H20O5. The maximum absolute atomic E-state index is 9.45. The Balaban J connectivity index is 0. The molecule has 0 radical (unpaired) electrons. The fourth-order valence-corrected chi connectivity index (χ4v) is 0.518. The Kier molecular flexibility index (Phi) is 11.8. The van der Waals surface area contributed by atoms with Gasteiger partial charge in [-0.1, -0.05) is 0 Å². The van der Waals surface area contributed by atoms with Crippen LogP contribution in [0.3, 0.4) is 0 Å². The molecule has 0 aromatic heterocycles. The summed E-state index contributed by atoms with van der Waals surface area (Å²) in [7, 11) is 0. The minimum atomic E-state index is -1.23. The molecule has 0 saturated carbocycles. The van der Waals surface area contributed by atoms with Crippen LogP contribution < -0.4 is 0 Å². The van der Waals surface area contributed by atoms with Gasteiger partial charge in [0.25, 0.3) is 0 Å². The SMILES string of the molecule is CC(O)C(=O)O.CCOC(C)OCC. The summed E-state index contributed by atoms with van der Waals surface area (Å²) in [5, 5.41) is 15.8. The van der Waals surface area contributed by atoms with Crippen molar-refractivity contribution in [2.45, 2.75) is 40.1 Å². The van der Waals surface area contributed by atoms with E-state index >= 15 is 0 Å². The maximum Gasteiger partial charge on any atom is 0.332 e. The molecular weight excluding hydrogens is 188 g/mol. The number of ether oxygens (including phenoxy) is 2. The van der Waals surface area contributed by atoms with Crippen molar-refractivity contribution in [3.05, 3.63) is 0 Å². The fourth-order valence-electron chi connectivity index (χ4n) is 0.518. The first-order chi connectivity index (χ1) is 6.45. The average Bonchev–Trinajstić information content (AvgIpc) is 2.06. The molecule has 14 heavy (non-hydrogen) atoms. The first-order valence-corrected chi connectivity index (χ1v) is 4.59. The summed E-state index contributed by atoms with van der Waals surface area (Å²) < 4.78 is 10.1. The second-order valence-electron chi connectivity index (χ2n) is 2.49. The molecule has 0 aromatic carbocycles. The maximum atomic E-state index is 9.45. The monoisotopic (exact) mass is 208 g/mol. The average molecular weight is 208 g/mol. The zero-order valence-electron chi connectivity index (χ0n) is 9.19. The lowest BCUT2D eigenvalue weighted by molar-refractivity contribution is -0.145. The molecule has 5 nitrogen and oxygen atoms in total. The summed E-state index contributed by atoms with van der Waals surface area (Å²) in [6.07, 6.45) is -1.27. The molecule has 2 N–H and O–H groups in total. The van der Waals surface area contributed by atoms with E-state index in [1.54, 1.807) is 0 Å². The Morgan fingerprint density at radius 1 is 1.21 bits per heavy atom. The summed E-state index contributed by atoms with van der Waals surface area (Å²) >= 11 is 0. The van der Waals surface area contributed by atoms with Crippen LogP contribution in [-0.2, 0) is 14.3 Å². The number of carbonyl (C=O) groups is 1. The number of hydrogen-bond donors (Lipinski definition) is 2. The third-order valence-corrected chi connectivity index (χ3v) is 1.16. The van der Waals surface area contributed by atoms with Gasteiger partial charge in [-0.15, -0.1) is 0 Å².